The Morgan fingerprint density at radius 1 is 1.33 bits per heavy atom. The third-order valence-corrected chi connectivity index (χ3v) is 3.08. The van der Waals surface area contributed by atoms with Gasteiger partial charge in [-0.1, -0.05) is 25.1 Å². The summed E-state index contributed by atoms with van der Waals surface area (Å²) in [5, 5.41) is 7.03. The lowest BCUT2D eigenvalue weighted by molar-refractivity contribution is 0.329. The second-order valence-corrected chi connectivity index (χ2v) is 4.53. The number of para-hydroxylation sites is 1. The summed E-state index contributed by atoms with van der Waals surface area (Å²) in [7, 11) is 0. The van der Waals surface area contributed by atoms with Crippen molar-refractivity contribution in [3.8, 4) is 0 Å². The first-order valence-corrected chi connectivity index (χ1v) is 5.87. The molecule has 15 heavy (non-hydrogen) atoms. The second-order valence-electron chi connectivity index (χ2n) is 4.53. The fraction of sp³-hybridized carbons (Fsp3) is 0.538. The average Bonchev–Trinajstić information content (AvgIpc) is 2.28. The Morgan fingerprint density at radius 2 is 2.13 bits per heavy atom. The lowest BCUT2D eigenvalue weighted by Crippen LogP contribution is -2.41. The lowest BCUT2D eigenvalue weighted by atomic mass is 9.94. The molecular formula is C13H20N2. The van der Waals surface area contributed by atoms with Gasteiger partial charge in [0.05, 0.1) is 0 Å². The quantitative estimate of drug-likeness (QED) is 0.790. The molecule has 1 aliphatic rings. The minimum atomic E-state index is 0.633. The van der Waals surface area contributed by atoms with Crippen LogP contribution >= 0.6 is 0 Å². The molecule has 0 spiro atoms. The van der Waals surface area contributed by atoms with E-state index in [1.165, 1.54) is 25.1 Å². The van der Waals surface area contributed by atoms with Crippen LogP contribution in [-0.4, -0.2) is 19.1 Å². The summed E-state index contributed by atoms with van der Waals surface area (Å²) in [4.78, 5) is 0. The molecule has 2 atom stereocenters. The van der Waals surface area contributed by atoms with Crippen LogP contribution in [0, 0.1) is 5.92 Å². The van der Waals surface area contributed by atoms with Crippen LogP contribution in [0.3, 0.4) is 0 Å². The van der Waals surface area contributed by atoms with E-state index in [9.17, 15) is 0 Å². The van der Waals surface area contributed by atoms with Crippen LogP contribution < -0.4 is 10.6 Å². The molecule has 0 radical (unpaired) electrons. The zero-order chi connectivity index (χ0) is 10.5. The Bertz CT molecular complexity index is 284. The summed E-state index contributed by atoms with van der Waals surface area (Å²) in [5.74, 6) is 0.869. The highest BCUT2D eigenvalue weighted by molar-refractivity contribution is 5.42. The second kappa shape index (κ2) is 5.17. The molecule has 0 unspecified atom stereocenters. The van der Waals surface area contributed by atoms with E-state index in [0.29, 0.717) is 6.04 Å². The molecule has 0 saturated carbocycles. The molecule has 0 amide bonds. The van der Waals surface area contributed by atoms with Crippen molar-refractivity contribution in [1.29, 1.82) is 0 Å². The summed E-state index contributed by atoms with van der Waals surface area (Å²) in [6, 6.07) is 11.1. The van der Waals surface area contributed by atoms with E-state index >= 15 is 0 Å². The topological polar surface area (TPSA) is 24.1 Å². The number of hydrogen-bond donors (Lipinski definition) is 2. The first-order valence-electron chi connectivity index (χ1n) is 5.87. The van der Waals surface area contributed by atoms with Crippen molar-refractivity contribution < 1.29 is 0 Å². The number of rotatable bonds is 3. The van der Waals surface area contributed by atoms with Gasteiger partial charge < -0.3 is 10.6 Å². The van der Waals surface area contributed by atoms with Gasteiger partial charge >= 0.3 is 0 Å². The minimum absolute atomic E-state index is 0.633. The maximum absolute atomic E-state index is 3.56. The predicted molar refractivity (Wildman–Crippen MR) is 65.1 cm³/mol. The van der Waals surface area contributed by atoms with Gasteiger partial charge in [0.25, 0.3) is 0 Å². The van der Waals surface area contributed by atoms with Crippen molar-refractivity contribution in [2.75, 3.05) is 18.4 Å². The van der Waals surface area contributed by atoms with E-state index in [2.05, 4.69) is 41.8 Å². The summed E-state index contributed by atoms with van der Waals surface area (Å²) >= 11 is 0. The Labute approximate surface area is 92.1 Å². The van der Waals surface area contributed by atoms with Crippen LogP contribution in [0.2, 0.25) is 0 Å². The number of anilines is 1. The minimum Gasteiger partial charge on any atom is -0.383 e. The molecular weight excluding hydrogens is 184 g/mol. The standard InChI is InChI=1S/C13H20N2/c1-11-7-8-14-13(9-11)10-15-12-5-3-2-4-6-12/h2-6,11,13-15H,7-10H2,1H3/t11-,13-/m0/s1. The smallest absolute Gasteiger partial charge is 0.0340 e. The lowest BCUT2D eigenvalue weighted by Gasteiger charge is -2.28. The summed E-state index contributed by atoms with van der Waals surface area (Å²) in [6.45, 7) is 4.55. The van der Waals surface area contributed by atoms with Crippen LogP contribution in [0.1, 0.15) is 19.8 Å². The van der Waals surface area contributed by atoms with Crippen molar-refractivity contribution in [3.63, 3.8) is 0 Å². The third kappa shape index (κ3) is 3.24. The van der Waals surface area contributed by atoms with E-state index in [1.54, 1.807) is 0 Å². The molecule has 2 nitrogen and oxygen atoms in total. The van der Waals surface area contributed by atoms with Crippen molar-refractivity contribution in [3.05, 3.63) is 30.3 Å². The van der Waals surface area contributed by atoms with E-state index in [1.807, 2.05) is 6.07 Å². The molecule has 1 heterocycles. The summed E-state index contributed by atoms with van der Waals surface area (Å²) < 4.78 is 0. The van der Waals surface area contributed by atoms with Gasteiger partial charge in [0.15, 0.2) is 0 Å². The third-order valence-electron chi connectivity index (χ3n) is 3.08. The van der Waals surface area contributed by atoms with Gasteiger partial charge in [0.1, 0.15) is 0 Å². The largest absolute Gasteiger partial charge is 0.383 e. The molecule has 1 fully saturated rings. The molecule has 1 aromatic rings. The van der Waals surface area contributed by atoms with Gasteiger partial charge in [0, 0.05) is 18.3 Å². The Kier molecular flexibility index (Phi) is 3.62. The SMILES string of the molecule is C[C@H]1CCN[C@H](CNc2ccccc2)C1. The first kappa shape index (κ1) is 10.5. The van der Waals surface area contributed by atoms with Gasteiger partial charge in [-0.2, -0.15) is 0 Å². The van der Waals surface area contributed by atoms with Crippen molar-refractivity contribution >= 4 is 5.69 Å². The van der Waals surface area contributed by atoms with Crippen LogP contribution in [-0.2, 0) is 0 Å². The number of benzene rings is 1. The fourth-order valence-electron chi connectivity index (χ4n) is 2.17. The molecule has 2 N–H and O–H groups in total. The Balaban J connectivity index is 1.78. The zero-order valence-corrected chi connectivity index (χ0v) is 9.37. The highest BCUT2D eigenvalue weighted by Crippen LogP contribution is 2.15. The van der Waals surface area contributed by atoms with Crippen LogP contribution in [0.25, 0.3) is 0 Å². The Morgan fingerprint density at radius 3 is 2.87 bits per heavy atom. The van der Waals surface area contributed by atoms with Crippen molar-refractivity contribution in [2.24, 2.45) is 5.92 Å². The van der Waals surface area contributed by atoms with Gasteiger partial charge in [-0.25, -0.2) is 0 Å². The highest BCUT2D eigenvalue weighted by Gasteiger charge is 2.17. The maximum Gasteiger partial charge on any atom is 0.0340 e. The molecule has 2 rings (SSSR count). The monoisotopic (exact) mass is 204 g/mol. The van der Waals surface area contributed by atoms with Crippen LogP contribution in [0.15, 0.2) is 30.3 Å². The van der Waals surface area contributed by atoms with E-state index < -0.39 is 0 Å². The fourth-order valence-corrected chi connectivity index (χ4v) is 2.17. The predicted octanol–water partition coefficient (Wildman–Crippen LogP) is 2.49. The van der Waals surface area contributed by atoms with Gasteiger partial charge in [-0.3, -0.25) is 0 Å². The number of hydrogen-bond acceptors (Lipinski definition) is 2. The van der Waals surface area contributed by atoms with E-state index in [-0.39, 0.29) is 0 Å². The Hall–Kier alpha value is -1.02. The molecule has 0 aliphatic carbocycles. The van der Waals surface area contributed by atoms with Gasteiger partial charge in [0.2, 0.25) is 0 Å². The number of nitrogens with one attached hydrogen (secondary N) is 2. The summed E-state index contributed by atoms with van der Waals surface area (Å²) in [6.07, 6.45) is 2.61. The zero-order valence-electron chi connectivity index (χ0n) is 9.37. The van der Waals surface area contributed by atoms with Crippen LogP contribution in [0.5, 0.6) is 0 Å². The van der Waals surface area contributed by atoms with E-state index in [4.69, 9.17) is 0 Å². The van der Waals surface area contributed by atoms with Gasteiger partial charge in [-0.05, 0) is 37.4 Å². The van der Waals surface area contributed by atoms with Crippen molar-refractivity contribution in [2.45, 2.75) is 25.8 Å². The molecule has 2 heteroatoms. The maximum atomic E-state index is 3.56. The number of piperidine rings is 1. The molecule has 1 aromatic carbocycles. The molecule has 1 aliphatic heterocycles. The normalized spacial score (nSPS) is 26.2. The van der Waals surface area contributed by atoms with Crippen molar-refractivity contribution in [1.82, 2.24) is 5.32 Å². The molecule has 1 saturated heterocycles. The molecule has 0 bridgehead atoms. The first-order chi connectivity index (χ1) is 7.34. The average molecular weight is 204 g/mol. The highest BCUT2D eigenvalue weighted by atomic mass is 15.0. The molecule has 0 aromatic heterocycles. The van der Waals surface area contributed by atoms with Gasteiger partial charge in [-0.15, -0.1) is 0 Å². The van der Waals surface area contributed by atoms with Crippen LogP contribution in [0.4, 0.5) is 5.69 Å². The summed E-state index contributed by atoms with van der Waals surface area (Å²) in [5.41, 5.74) is 1.22. The molecule has 82 valence electrons. The van der Waals surface area contributed by atoms with E-state index in [0.717, 1.165) is 12.5 Å².